The summed E-state index contributed by atoms with van der Waals surface area (Å²) in [7, 11) is 1.54. The Morgan fingerprint density at radius 3 is 2.38 bits per heavy atom. The second kappa shape index (κ2) is 5.15. The van der Waals surface area contributed by atoms with E-state index in [1.807, 2.05) is 0 Å². The quantitative estimate of drug-likeness (QED) is 0.667. The smallest absolute Gasteiger partial charge is 0.223 e. The van der Waals surface area contributed by atoms with Crippen LogP contribution in [0.15, 0.2) is 0 Å². The van der Waals surface area contributed by atoms with Crippen LogP contribution in [-0.4, -0.2) is 37.4 Å². The number of rotatable bonds is 7. The first-order chi connectivity index (χ1) is 7.72. The number of ether oxygens (including phenoxy) is 1. The van der Waals surface area contributed by atoms with Gasteiger partial charge in [-0.3, -0.25) is 4.79 Å². The zero-order valence-corrected chi connectivity index (χ0v) is 9.82. The molecule has 2 saturated carbocycles. The highest BCUT2D eigenvalue weighted by Crippen LogP contribution is 2.49. The number of hydrogen-bond acceptors (Lipinski definition) is 3. The van der Waals surface area contributed by atoms with Crippen molar-refractivity contribution in [1.82, 2.24) is 5.32 Å². The van der Waals surface area contributed by atoms with Crippen LogP contribution < -0.4 is 5.32 Å². The summed E-state index contributed by atoms with van der Waals surface area (Å²) < 4.78 is 4.81. The van der Waals surface area contributed by atoms with E-state index >= 15 is 0 Å². The maximum atomic E-state index is 12.0. The van der Waals surface area contributed by atoms with Gasteiger partial charge in [-0.05, 0) is 37.5 Å². The second-order valence-corrected chi connectivity index (χ2v) is 5.05. The molecule has 2 fully saturated rings. The molecular formula is C12H21NO3. The molecule has 0 spiro atoms. The summed E-state index contributed by atoms with van der Waals surface area (Å²) in [6, 6.07) is 0. The topological polar surface area (TPSA) is 58.6 Å². The van der Waals surface area contributed by atoms with Gasteiger partial charge in [0.1, 0.15) is 0 Å². The third-order valence-corrected chi connectivity index (χ3v) is 3.43. The Kier molecular flexibility index (Phi) is 3.82. The van der Waals surface area contributed by atoms with E-state index in [2.05, 4.69) is 5.32 Å². The lowest BCUT2D eigenvalue weighted by Crippen LogP contribution is -2.39. The summed E-state index contributed by atoms with van der Waals surface area (Å²) in [5.74, 6) is 1.59. The maximum Gasteiger partial charge on any atom is 0.223 e. The molecule has 92 valence electrons. The van der Waals surface area contributed by atoms with E-state index in [4.69, 9.17) is 4.74 Å². The summed E-state index contributed by atoms with van der Waals surface area (Å²) in [4.78, 5) is 12.0. The minimum absolute atomic E-state index is 0.139. The van der Waals surface area contributed by atoms with Crippen LogP contribution in [0.2, 0.25) is 0 Å². The molecule has 2 aliphatic carbocycles. The summed E-state index contributed by atoms with van der Waals surface area (Å²) in [6.07, 6.45) is 4.22. The number of nitrogens with one attached hydrogen (secondary N) is 1. The van der Waals surface area contributed by atoms with E-state index in [-0.39, 0.29) is 18.4 Å². The van der Waals surface area contributed by atoms with Crippen LogP contribution in [0.1, 0.15) is 25.7 Å². The van der Waals surface area contributed by atoms with Crippen molar-refractivity contribution in [2.75, 3.05) is 20.3 Å². The number of aliphatic hydroxyl groups is 1. The summed E-state index contributed by atoms with van der Waals surface area (Å²) in [5, 5.41) is 12.3. The first-order valence-corrected chi connectivity index (χ1v) is 6.17. The van der Waals surface area contributed by atoms with Crippen molar-refractivity contribution >= 4 is 5.91 Å². The number of amides is 1. The van der Waals surface area contributed by atoms with E-state index in [9.17, 15) is 9.90 Å². The van der Waals surface area contributed by atoms with Crippen LogP contribution in [0, 0.1) is 17.8 Å². The molecule has 0 aliphatic heterocycles. The number of carbonyl (C=O) groups is 1. The van der Waals surface area contributed by atoms with Crippen molar-refractivity contribution in [3.8, 4) is 0 Å². The number of methoxy groups -OCH3 is 1. The molecule has 0 bridgehead atoms. The molecule has 4 heteroatoms. The second-order valence-electron chi connectivity index (χ2n) is 5.05. The van der Waals surface area contributed by atoms with Gasteiger partial charge in [0.05, 0.1) is 12.7 Å². The van der Waals surface area contributed by atoms with Crippen molar-refractivity contribution in [1.29, 1.82) is 0 Å². The molecular weight excluding hydrogens is 206 g/mol. The third kappa shape index (κ3) is 3.19. The van der Waals surface area contributed by atoms with E-state index in [1.54, 1.807) is 7.11 Å². The largest absolute Gasteiger partial charge is 0.389 e. The van der Waals surface area contributed by atoms with Crippen LogP contribution in [0.3, 0.4) is 0 Å². The Hall–Kier alpha value is -0.610. The lowest BCUT2D eigenvalue weighted by atomic mass is 9.97. The Labute approximate surface area is 96.4 Å². The number of hydrogen-bond donors (Lipinski definition) is 2. The van der Waals surface area contributed by atoms with Gasteiger partial charge in [0, 0.05) is 19.6 Å². The predicted molar refractivity (Wildman–Crippen MR) is 59.8 cm³/mol. The molecule has 4 nitrogen and oxygen atoms in total. The lowest BCUT2D eigenvalue weighted by Gasteiger charge is -2.17. The molecule has 0 aromatic carbocycles. The minimum atomic E-state index is -0.590. The molecule has 16 heavy (non-hydrogen) atoms. The first-order valence-electron chi connectivity index (χ1n) is 6.17. The molecule has 2 N–H and O–H groups in total. The first kappa shape index (κ1) is 11.9. The zero-order chi connectivity index (χ0) is 11.5. The van der Waals surface area contributed by atoms with Crippen LogP contribution >= 0.6 is 0 Å². The lowest BCUT2D eigenvalue weighted by molar-refractivity contribution is -0.127. The van der Waals surface area contributed by atoms with Crippen molar-refractivity contribution in [2.45, 2.75) is 31.8 Å². The Balaban J connectivity index is 1.73. The van der Waals surface area contributed by atoms with E-state index < -0.39 is 6.10 Å². The van der Waals surface area contributed by atoms with Gasteiger partial charge in [-0.1, -0.05) is 0 Å². The monoisotopic (exact) mass is 227 g/mol. The standard InChI is InChI=1S/C12H21NO3/c1-16-7-10(14)6-13-12(15)11(8-2-3-8)9-4-5-9/h8-11,14H,2-7H2,1H3,(H,13,15). The molecule has 2 rings (SSSR count). The van der Waals surface area contributed by atoms with Gasteiger partial charge in [-0.15, -0.1) is 0 Å². The van der Waals surface area contributed by atoms with Crippen LogP contribution in [0.5, 0.6) is 0 Å². The molecule has 0 radical (unpaired) electrons. The normalized spacial score (nSPS) is 22.2. The molecule has 0 heterocycles. The molecule has 0 saturated heterocycles. The third-order valence-electron chi connectivity index (χ3n) is 3.43. The molecule has 1 amide bonds. The fourth-order valence-electron chi connectivity index (χ4n) is 2.31. The highest BCUT2D eigenvalue weighted by molar-refractivity contribution is 5.80. The highest BCUT2D eigenvalue weighted by Gasteiger charge is 2.45. The summed E-state index contributed by atoms with van der Waals surface area (Å²) in [6.45, 7) is 0.584. The Bertz CT molecular complexity index is 237. The Morgan fingerprint density at radius 1 is 1.38 bits per heavy atom. The van der Waals surface area contributed by atoms with Crippen LogP contribution in [0.25, 0.3) is 0 Å². The molecule has 1 atom stereocenters. The van der Waals surface area contributed by atoms with Gasteiger partial charge in [-0.2, -0.15) is 0 Å². The zero-order valence-electron chi connectivity index (χ0n) is 9.82. The van der Waals surface area contributed by atoms with Crippen LogP contribution in [-0.2, 0) is 9.53 Å². The molecule has 0 aromatic heterocycles. The number of carbonyl (C=O) groups excluding carboxylic acids is 1. The van der Waals surface area contributed by atoms with Gasteiger partial charge in [-0.25, -0.2) is 0 Å². The molecule has 0 aromatic rings. The van der Waals surface area contributed by atoms with Gasteiger partial charge in [0.25, 0.3) is 0 Å². The summed E-state index contributed by atoms with van der Waals surface area (Å²) in [5.41, 5.74) is 0. The molecule has 2 aliphatic rings. The average Bonchev–Trinajstić information content (AvgIpc) is 3.09. The van der Waals surface area contributed by atoms with E-state index in [0.29, 0.717) is 18.4 Å². The van der Waals surface area contributed by atoms with Crippen molar-refractivity contribution in [3.05, 3.63) is 0 Å². The van der Waals surface area contributed by atoms with Gasteiger partial charge >= 0.3 is 0 Å². The Morgan fingerprint density at radius 2 is 1.94 bits per heavy atom. The highest BCUT2D eigenvalue weighted by atomic mass is 16.5. The van der Waals surface area contributed by atoms with E-state index in [0.717, 1.165) is 0 Å². The minimum Gasteiger partial charge on any atom is -0.389 e. The SMILES string of the molecule is COCC(O)CNC(=O)C(C1CC1)C1CC1. The fraction of sp³-hybridized carbons (Fsp3) is 0.917. The van der Waals surface area contributed by atoms with Crippen molar-refractivity contribution in [3.63, 3.8) is 0 Å². The van der Waals surface area contributed by atoms with Crippen LogP contribution in [0.4, 0.5) is 0 Å². The van der Waals surface area contributed by atoms with Crippen molar-refractivity contribution < 1.29 is 14.6 Å². The number of aliphatic hydroxyl groups excluding tert-OH is 1. The summed E-state index contributed by atoms with van der Waals surface area (Å²) >= 11 is 0. The average molecular weight is 227 g/mol. The predicted octanol–water partition coefficient (Wildman–Crippen LogP) is 0.546. The fourth-order valence-corrected chi connectivity index (χ4v) is 2.31. The van der Waals surface area contributed by atoms with Gasteiger partial charge < -0.3 is 15.2 Å². The maximum absolute atomic E-state index is 12.0. The van der Waals surface area contributed by atoms with Gasteiger partial charge in [0.2, 0.25) is 5.91 Å². The molecule has 1 unspecified atom stereocenters. The van der Waals surface area contributed by atoms with Crippen molar-refractivity contribution in [2.24, 2.45) is 17.8 Å². The van der Waals surface area contributed by atoms with Gasteiger partial charge in [0.15, 0.2) is 0 Å². The van der Waals surface area contributed by atoms with E-state index in [1.165, 1.54) is 25.7 Å².